The minimum absolute atomic E-state index is 0.0451. The van der Waals surface area contributed by atoms with Crippen LogP contribution in [0.4, 0.5) is 0 Å². The van der Waals surface area contributed by atoms with Crippen molar-refractivity contribution in [2.45, 2.75) is 38.8 Å². The zero-order valence-corrected chi connectivity index (χ0v) is 18.5. The highest BCUT2D eigenvalue weighted by atomic mass is 35.5. The maximum Gasteiger partial charge on any atom is 0.340 e. The van der Waals surface area contributed by atoms with E-state index in [0.29, 0.717) is 45.8 Å². The van der Waals surface area contributed by atoms with Crippen LogP contribution >= 0.6 is 11.6 Å². The Bertz CT molecular complexity index is 1220. The van der Waals surface area contributed by atoms with Gasteiger partial charge in [0.2, 0.25) is 0 Å². The van der Waals surface area contributed by atoms with Crippen molar-refractivity contribution in [2.75, 3.05) is 25.3 Å². The van der Waals surface area contributed by atoms with Gasteiger partial charge in [0.05, 0.1) is 41.2 Å². The van der Waals surface area contributed by atoms with Gasteiger partial charge in [-0.25, -0.2) is 13.2 Å². The Balaban J connectivity index is 1.82. The molecule has 162 valence electrons. The molecule has 4 rings (SSSR count). The molecule has 0 radical (unpaired) electrons. The number of methoxy groups -OCH3 is 1. The molecule has 2 aliphatic heterocycles. The minimum Gasteiger partial charge on any atom is -0.476 e. The van der Waals surface area contributed by atoms with Gasteiger partial charge in [0.1, 0.15) is 18.1 Å². The lowest BCUT2D eigenvalue weighted by Gasteiger charge is -2.40. The van der Waals surface area contributed by atoms with Crippen molar-refractivity contribution in [3.8, 4) is 5.75 Å². The Morgan fingerprint density at radius 1 is 1.40 bits per heavy atom. The van der Waals surface area contributed by atoms with Crippen LogP contribution in [-0.2, 0) is 32.3 Å². The summed E-state index contributed by atoms with van der Waals surface area (Å²) in [6.07, 6.45) is 0.298. The van der Waals surface area contributed by atoms with Crippen molar-refractivity contribution >= 4 is 38.4 Å². The number of carbonyl (C=O) groups excluding carboxylic acids is 1. The van der Waals surface area contributed by atoms with Gasteiger partial charge < -0.3 is 13.9 Å². The second-order valence-corrected chi connectivity index (χ2v) is 10.7. The highest BCUT2D eigenvalue weighted by molar-refractivity contribution is 7.91. The van der Waals surface area contributed by atoms with E-state index < -0.39 is 27.0 Å². The molecule has 1 aromatic heterocycles. The molecular formula is C20H22ClNO7S. The lowest BCUT2D eigenvalue weighted by atomic mass is 9.96. The molecule has 2 aromatic rings. The Morgan fingerprint density at radius 2 is 2.13 bits per heavy atom. The first-order valence-corrected chi connectivity index (χ1v) is 11.7. The van der Waals surface area contributed by atoms with Crippen LogP contribution in [0.2, 0.25) is 5.02 Å². The van der Waals surface area contributed by atoms with Crippen LogP contribution in [0, 0.1) is 6.92 Å². The van der Waals surface area contributed by atoms with E-state index in [9.17, 15) is 18.0 Å². The van der Waals surface area contributed by atoms with Gasteiger partial charge in [-0.3, -0.25) is 9.69 Å². The van der Waals surface area contributed by atoms with E-state index in [1.165, 1.54) is 7.11 Å². The molecule has 2 aliphatic rings. The predicted octanol–water partition coefficient (Wildman–Crippen LogP) is 2.20. The Kier molecular flexibility index (Phi) is 5.11. The SMILES string of the molecule is COC(=O)Cc1c(C)c2cc(Cl)c3c(c2oc1=O)CN(C1(C)CCS(=O)(=O)C1)CO3. The van der Waals surface area contributed by atoms with Crippen LogP contribution in [0.25, 0.3) is 11.0 Å². The molecule has 1 saturated heterocycles. The number of nitrogens with zero attached hydrogens (tertiary/aromatic N) is 1. The van der Waals surface area contributed by atoms with Crippen molar-refractivity contribution in [1.82, 2.24) is 4.90 Å². The van der Waals surface area contributed by atoms with Gasteiger partial charge >= 0.3 is 11.6 Å². The number of aryl methyl sites for hydroxylation is 1. The molecule has 0 bridgehead atoms. The third-order valence-corrected chi connectivity index (χ3v) is 8.26. The standard InChI is InChI=1S/C20H22ClNO7S/c1-11-12-6-15(21)18-14(17(12)29-19(24)13(11)7-16(23)27-3)8-22(10-28-18)20(2)4-5-30(25,26)9-20/h6H,4-5,7-10H2,1-3H3. The molecule has 0 saturated carbocycles. The number of sulfone groups is 1. The van der Waals surface area contributed by atoms with E-state index in [1.807, 2.05) is 11.8 Å². The molecule has 0 aliphatic carbocycles. The number of hydrogen-bond donors (Lipinski definition) is 0. The average Bonchev–Trinajstić information content (AvgIpc) is 2.99. The highest BCUT2D eigenvalue weighted by Gasteiger charge is 2.45. The van der Waals surface area contributed by atoms with Crippen molar-refractivity contribution in [3.05, 3.63) is 38.2 Å². The second-order valence-electron chi connectivity index (χ2n) is 8.10. The third-order valence-electron chi connectivity index (χ3n) is 6.09. The molecule has 1 atom stereocenters. The summed E-state index contributed by atoms with van der Waals surface area (Å²) in [5.74, 6) is 0.0596. The summed E-state index contributed by atoms with van der Waals surface area (Å²) in [5, 5.41) is 0.967. The molecule has 0 spiro atoms. The normalized spacial score (nSPS) is 23.2. The number of benzene rings is 1. The molecule has 0 amide bonds. The number of hydrogen-bond acceptors (Lipinski definition) is 8. The van der Waals surface area contributed by atoms with Gasteiger partial charge in [0, 0.05) is 17.5 Å². The molecule has 1 unspecified atom stereocenters. The van der Waals surface area contributed by atoms with Gasteiger partial charge in [-0.05, 0) is 31.9 Å². The summed E-state index contributed by atoms with van der Waals surface area (Å²) in [6.45, 7) is 4.14. The van der Waals surface area contributed by atoms with Gasteiger partial charge in [-0.15, -0.1) is 0 Å². The van der Waals surface area contributed by atoms with E-state index in [2.05, 4.69) is 4.74 Å². The first-order valence-electron chi connectivity index (χ1n) is 9.47. The fourth-order valence-corrected chi connectivity index (χ4v) is 6.67. The molecule has 8 nitrogen and oxygen atoms in total. The van der Waals surface area contributed by atoms with E-state index in [0.717, 1.165) is 0 Å². The van der Waals surface area contributed by atoms with Crippen molar-refractivity contribution in [1.29, 1.82) is 0 Å². The van der Waals surface area contributed by atoms with Crippen LogP contribution in [-0.4, -0.2) is 50.2 Å². The van der Waals surface area contributed by atoms with Crippen molar-refractivity contribution < 1.29 is 27.1 Å². The van der Waals surface area contributed by atoms with Crippen LogP contribution in [0.3, 0.4) is 0 Å². The van der Waals surface area contributed by atoms with E-state index in [1.54, 1.807) is 13.0 Å². The summed E-state index contributed by atoms with van der Waals surface area (Å²) < 4.78 is 40.3. The molecular weight excluding hydrogens is 434 g/mol. The van der Waals surface area contributed by atoms with Crippen LogP contribution in [0.15, 0.2) is 15.3 Å². The Labute approximate surface area is 178 Å². The molecule has 1 fully saturated rings. The number of fused-ring (bicyclic) bond motifs is 3. The number of ether oxygens (including phenoxy) is 2. The molecule has 30 heavy (non-hydrogen) atoms. The largest absolute Gasteiger partial charge is 0.476 e. The highest BCUT2D eigenvalue weighted by Crippen LogP contribution is 2.42. The van der Waals surface area contributed by atoms with Crippen LogP contribution in [0.5, 0.6) is 5.75 Å². The number of esters is 1. The van der Waals surface area contributed by atoms with E-state index >= 15 is 0 Å². The summed E-state index contributed by atoms with van der Waals surface area (Å²) >= 11 is 6.45. The maximum atomic E-state index is 12.6. The number of halogens is 1. The monoisotopic (exact) mass is 455 g/mol. The predicted molar refractivity (Wildman–Crippen MR) is 111 cm³/mol. The van der Waals surface area contributed by atoms with Crippen molar-refractivity contribution in [2.24, 2.45) is 0 Å². The zero-order valence-electron chi connectivity index (χ0n) is 16.9. The Morgan fingerprint density at radius 3 is 2.77 bits per heavy atom. The topological polar surface area (TPSA) is 103 Å². The maximum absolute atomic E-state index is 12.6. The first-order chi connectivity index (χ1) is 14.0. The lowest BCUT2D eigenvalue weighted by molar-refractivity contribution is -0.139. The second kappa shape index (κ2) is 7.25. The molecule has 10 heteroatoms. The quantitative estimate of drug-likeness (QED) is 0.512. The van der Waals surface area contributed by atoms with Crippen LogP contribution in [0.1, 0.15) is 30.0 Å². The fraction of sp³-hybridized carbons (Fsp3) is 0.500. The average molecular weight is 456 g/mol. The summed E-state index contributed by atoms with van der Waals surface area (Å²) in [5.41, 5.74) is 0.530. The summed E-state index contributed by atoms with van der Waals surface area (Å²) in [6, 6.07) is 1.66. The zero-order chi connectivity index (χ0) is 21.8. The third kappa shape index (κ3) is 3.48. The Hall–Kier alpha value is -2.10. The molecule has 3 heterocycles. The van der Waals surface area contributed by atoms with E-state index in [-0.39, 0.29) is 30.2 Å². The smallest absolute Gasteiger partial charge is 0.340 e. The summed E-state index contributed by atoms with van der Waals surface area (Å²) in [4.78, 5) is 26.3. The van der Waals surface area contributed by atoms with Gasteiger partial charge in [0.25, 0.3) is 0 Å². The van der Waals surface area contributed by atoms with Gasteiger partial charge in [0.15, 0.2) is 9.84 Å². The van der Waals surface area contributed by atoms with E-state index in [4.69, 9.17) is 20.8 Å². The number of carbonyl (C=O) groups is 1. The lowest BCUT2D eigenvalue weighted by Crippen LogP contribution is -2.50. The van der Waals surface area contributed by atoms with Gasteiger partial charge in [-0.1, -0.05) is 11.6 Å². The van der Waals surface area contributed by atoms with Crippen molar-refractivity contribution in [3.63, 3.8) is 0 Å². The fourth-order valence-electron chi connectivity index (χ4n) is 4.22. The van der Waals surface area contributed by atoms with Gasteiger partial charge in [-0.2, -0.15) is 0 Å². The summed E-state index contributed by atoms with van der Waals surface area (Å²) in [7, 11) is -1.85. The molecule has 0 N–H and O–H groups in total. The minimum atomic E-state index is -3.10. The molecule has 1 aromatic carbocycles. The number of rotatable bonds is 3. The first kappa shape index (κ1) is 21.1. The van der Waals surface area contributed by atoms with Crippen LogP contribution < -0.4 is 10.4 Å².